The van der Waals surface area contributed by atoms with Gasteiger partial charge >= 0.3 is 5.97 Å². The number of carboxylic acid groups (broad SMARTS) is 1. The third-order valence-electron chi connectivity index (χ3n) is 3.05. The van der Waals surface area contributed by atoms with Crippen molar-refractivity contribution >= 4 is 17.6 Å². The lowest BCUT2D eigenvalue weighted by atomic mass is 9.93. The summed E-state index contributed by atoms with van der Waals surface area (Å²) < 4.78 is 0. The van der Waals surface area contributed by atoms with Gasteiger partial charge in [0.1, 0.15) is 0 Å². The summed E-state index contributed by atoms with van der Waals surface area (Å²) in [7, 11) is 0. The Bertz CT molecular complexity index is 405. The summed E-state index contributed by atoms with van der Waals surface area (Å²) in [5, 5.41) is 18.7. The number of hydrogen-bond acceptors (Lipinski definition) is 2. The molecule has 1 aromatic carbocycles. The van der Waals surface area contributed by atoms with E-state index in [-0.39, 0.29) is 12.5 Å². The van der Waals surface area contributed by atoms with Crippen LogP contribution in [0.3, 0.4) is 0 Å². The molecule has 0 aromatic heterocycles. The number of aliphatic carboxylic acids is 1. The van der Waals surface area contributed by atoms with Crippen LogP contribution in [-0.4, -0.2) is 22.8 Å². The average Bonchev–Trinajstić information content (AvgIpc) is 2.93. The monoisotopic (exact) mass is 226 g/mol. The molecule has 1 aliphatic rings. The van der Waals surface area contributed by atoms with Gasteiger partial charge in [0.25, 0.3) is 0 Å². The number of carbonyl (C=O) groups is 1. The highest BCUT2D eigenvalue weighted by Crippen LogP contribution is 2.54. The van der Waals surface area contributed by atoms with Crippen LogP contribution in [0, 0.1) is 5.92 Å². The minimum atomic E-state index is -0.917. The first-order valence-corrected chi connectivity index (χ1v) is 5.09. The normalized spacial score (nSPS) is 28.8. The number of hydrogen-bond donors (Lipinski definition) is 2. The molecule has 2 unspecified atom stereocenters. The Morgan fingerprint density at radius 2 is 2.33 bits per heavy atom. The van der Waals surface area contributed by atoms with Crippen molar-refractivity contribution in [2.24, 2.45) is 5.92 Å². The minimum Gasteiger partial charge on any atom is -0.481 e. The van der Waals surface area contributed by atoms with E-state index in [1.54, 1.807) is 24.3 Å². The van der Waals surface area contributed by atoms with Crippen LogP contribution in [0.5, 0.6) is 0 Å². The number of benzene rings is 1. The lowest BCUT2D eigenvalue weighted by Crippen LogP contribution is -2.23. The second-order valence-corrected chi connectivity index (χ2v) is 4.31. The first-order chi connectivity index (χ1) is 7.11. The quantitative estimate of drug-likeness (QED) is 0.825. The average molecular weight is 227 g/mol. The summed E-state index contributed by atoms with van der Waals surface area (Å²) in [5.41, 5.74) is -0.235. The van der Waals surface area contributed by atoms with Gasteiger partial charge in [0.05, 0.1) is 5.41 Å². The summed E-state index contributed by atoms with van der Waals surface area (Å²) in [6.07, 6.45) is 0.485. The summed E-state index contributed by atoms with van der Waals surface area (Å²) in [5.74, 6) is -1.07. The van der Waals surface area contributed by atoms with E-state index in [0.717, 1.165) is 0 Å². The number of carboxylic acids is 1. The number of aliphatic hydroxyl groups is 1. The first kappa shape index (κ1) is 10.5. The molecule has 1 aliphatic carbocycles. The third-order valence-corrected chi connectivity index (χ3v) is 3.28. The van der Waals surface area contributed by atoms with E-state index in [0.29, 0.717) is 17.0 Å². The fourth-order valence-electron chi connectivity index (χ4n) is 2.06. The fraction of sp³-hybridized carbons (Fsp3) is 0.364. The van der Waals surface area contributed by atoms with Gasteiger partial charge in [-0.05, 0) is 24.1 Å². The van der Waals surface area contributed by atoms with E-state index in [2.05, 4.69) is 0 Å². The van der Waals surface area contributed by atoms with Crippen LogP contribution >= 0.6 is 11.6 Å². The molecular formula is C11H11ClO3. The van der Waals surface area contributed by atoms with Gasteiger partial charge in [-0.3, -0.25) is 4.79 Å². The second-order valence-electron chi connectivity index (χ2n) is 3.87. The molecule has 0 spiro atoms. The molecule has 15 heavy (non-hydrogen) atoms. The molecule has 0 amide bonds. The van der Waals surface area contributed by atoms with E-state index in [1.807, 2.05) is 0 Å². The van der Waals surface area contributed by atoms with Crippen LogP contribution in [0.1, 0.15) is 12.0 Å². The van der Waals surface area contributed by atoms with Gasteiger partial charge in [-0.2, -0.15) is 0 Å². The lowest BCUT2D eigenvalue weighted by molar-refractivity contribution is -0.140. The van der Waals surface area contributed by atoms with Crippen LogP contribution in [0.25, 0.3) is 0 Å². The largest absolute Gasteiger partial charge is 0.481 e. The molecule has 1 fully saturated rings. The van der Waals surface area contributed by atoms with E-state index in [9.17, 15) is 9.90 Å². The maximum atomic E-state index is 11.2. The molecule has 3 nitrogen and oxygen atoms in total. The Balaban J connectivity index is 2.40. The number of rotatable bonds is 3. The highest BCUT2D eigenvalue weighted by Gasteiger charge is 2.61. The van der Waals surface area contributed by atoms with Crippen LogP contribution in [-0.2, 0) is 10.2 Å². The molecule has 0 saturated heterocycles. The fourth-order valence-corrected chi connectivity index (χ4v) is 2.25. The Labute approximate surface area is 92.3 Å². The van der Waals surface area contributed by atoms with E-state index < -0.39 is 11.4 Å². The molecule has 0 bridgehead atoms. The van der Waals surface area contributed by atoms with Crippen molar-refractivity contribution in [1.29, 1.82) is 0 Å². The lowest BCUT2D eigenvalue weighted by Gasteiger charge is -2.12. The molecule has 2 rings (SSSR count). The molecule has 1 aromatic rings. The van der Waals surface area contributed by atoms with Gasteiger partial charge in [-0.25, -0.2) is 0 Å². The molecule has 0 aliphatic heterocycles. The van der Waals surface area contributed by atoms with Crippen LogP contribution in [0.4, 0.5) is 0 Å². The predicted octanol–water partition coefficient (Wildman–Crippen LogP) is 1.67. The van der Waals surface area contributed by atoms with Gasteiger partial charge in [-0.15, -0.1) is 0 Å². The zero-order valence-electron chi connectivity index (χ0n) is 7.98. The van der Waals surface area contributed by atoms with Crippen molar-refractivity contribution in [1.82, 2.24) is 0 Å². The molecule has 4 heteroatoms. The number of halogens is 1. The first-order valence-electron chi connectivity index (χ1n) is 4.71. The van der Waals surface area contributed by atoms with Crippen LogP contribution < -0.4 is 0 Å². The van der Waals surface area contributed by atoms with Crippen LogP contribution in [0.15, 0.2) is 24.3 Å². The van der Waals surface area contributed by atoms with Crippen molar-refractivity contribution < 1.29 is 15.0 Å². The second kappa shape index (κ2) is 3.51. The van der Waals surface area contributed by atoms with Gasteiger partial charge in [0, 0.05) is 17.5 Å². The minimum absolute atomic E-state index is 0.0984. The van der Waals surface area contributed by atoms with Crippen molar-refractivity contribution in [3.8, 4) is 0 Å². The zero-order valence-corrected chi connectivity index (χ0v) is 8.74. The topological polar surface area (TPSA) is 57.5 Å². The van der Waals surface area contributed by atoms with Gasteiger partial charge in [0.2, 0.25) is 0 Å². The molecular weight excluding hydrogens is 216 g/mol. The maximum Gasteiger partial charge on any atom is 0.314 e. The number of aliphatic hydroxyl groups excluding tert-OH is 1. The van der Waals surface area contributed by atoms with E-state index >= 15 is 0 Å². The van der Waals surface area contributed by atoms with Crippen LogP contribution in [0.2, 0.25) is 5.02 Å². The standard InChI is InChI=1S/C11H11ClO3/c12-9-3-1-2-7(4-9)11(10(14)15)5-8(11)6-13/h1-4,8,13H,5-6H2,(H,14,15). The predicted molar refractivity (Wildman–Crippen MR) is 56.0 cm³/mol. The molecule has 2 N–H and O–H groups in total. The van der Waals surface area contributed by atoms with Crippen molar-refractivity contribution in [3.63, 3.8) is 0 Å². The van der Waals surface area contributed by atoms with Gasteiger partial charge < -0.3 is 10.2 Å². The molecule has 0 heterocycles. The van der Waals surface area contributed by atoms with Crippen molar-refractivity contribution in [2.45, 2.75) is 11.8 Å². The zero-order chi connectivity index (χ0) is 11.1. The smallest absolute Gasteiger partial charge is 0.314 e. The maximum absolute atomic E-state index is 11.2. The summed E-state index contributed by atoms with van der Waals surface area (Å²) in [6.45, 7) is -0.0984. The highest BCUT2D eigenvalue weighted by molar-refractivity contribution is 6.30. The summed E-state index contributed by atoms with van der Waals surface area (Å²) >= 11 is 5.82. The summed E-state index contributed by atoms with van der Waals surface area (Å²) in [6, 6.07) is 6.84. The highest BCUT2D eigenvalue weighted by atomic mass is 35.5. The Morgan fingerprint density at radius 1 is 1.60 bits per heavy atom. The van der Waals surface area contributed by atoms with E-state index in [1.165, 1.54) is 0 Å². The van der Waals surface area contributed by atoms with E-state index in [4.69, 9.17) is 16.7 Å². The molecule has 2 atom stereocenters. The molecule has 80 valence electrons. The Morgan fingerprint density at radius 3 is 2.80 bits per heavy atom. The third kappa shape index (κ3) is 1.52. The molecule has 1 saturated carbocycles. The van der Waals surface area contributed by atoms with Crippen molar-refractivity contribution in [3.05, 3.63) is 34.9 Å². The molecule has 0 radical (unpaired) electrons. The SMILES string of the molecule is O=C(O)C1(c2cccc(Cl)c2)CC1CO. The van der Waals surface area contributed by atoms with Gasteiger partial charge in [0.15, 0.2) is 0 Å². The van der Waals surface area contributed by atoms with Crippen molar-refractivity contribution in [2.75, 3.05) is 6.61 Å². The van der Waals surface area contributed by atoms with Gasteiger partial charge in [-0.1, -0.05) is 23.7 Å². The Hall–Kier alpha value is -1.06. The summed E-state index contributed by atoms with van der Waals surface area (Å²) in [4.78, 5) is 11.2. The Kier molecular flexibility index (Phi) is 2.44.